The topological polar surface area (TPSA) is 64.6 Å². The van der Waals surface area contributed by atoms with E-state index in [-0.39, 0.29) is 17.9 Å². The molecule has 0 bridgehead atoms. The maximum Gasteiger partial charge on any atom is 0.387 e. The Bertz CT molecular complexity index is 676. The Balaban J connectivity index is 1.78. The second-order valence-electron chi connectivity index (χ2n) is 4.72. The van der Waals surface area contributed by atoms with Crippen molar-refractivity contribution in [3.8, 4) is 5.75 Å². The number of halogens is 2. The molecular weight excluding hydrogens is 340 g/mol. The zero-order chi connectivity index (χ0) is 17.4. The molecule has 0 aliphatic heterocycles. The van der Waals surface area contributed by atoms with Crippen LogP contribution in [0.5, 0.6) is 5.75 Å². The summed E-state index contributed by atoms with van der Waals surface area (Å²) in [7, 11) is 0. The molecule has 24 heavy (non-hydrogen) atoms. The number of esters is 1. The highest BCUT2D eigenvalue weighted by molar-refractivity contribution is 7.07. The van der Waals surface area contributed by atoms with Gasteiger partial charge in [0.15, 0.2) is 6.61 Å². The van der Waals surface area contributed by atoms with Gasteiger partial charge in [0.05, 0.1) is 5.69 Å². The SMILES string of the molecule is O=C(COC(=O)CCc1ccsc1)Nc1ccccc1OC(F)F. The molecule has 0 saturated carbocycles. The van der Waals surface area contributed by atoms with Crippen LogP contribution in [-0.4, -0.2) is 25.1 Å². The molecule has 0 fully saturated rings. The summed E-state index contributed by atoms with van der Waals surface area (Å²) in [6, 6.07) is 7.67. The van der Waals surface area contributed by atoms with Gasteiger partial charge in [-0.15, -0.1) is 0 Å². The van der Waals surface area contributed by atoms with E-state index in [0.29, 0.717) is 6.42 Å². The summed E-state index contributed by atoms with van der Waals surface area (Å²) >= 11 is 1.53. The Morgan fingerprint density at radius 3 is 2.71 bits per heavy atom. The van der Waals surface area contributed by atoms with E-state index in [4.69, 9.17) is 4.74 Å². The maximum absolute atomic E-state index is 12.3. The molecule has 1 aromatic heterocycles. The van der Waals surface area contributed by atoms with E-state index in [2.05, 4.69) is 10.1 Å². The fraction of sp³-hybridized carbons (Fsp3) is 0.250. The normalized spacial score (nSPS) is 10.5. The number of anilines is 1. The van der Waals surface area contributed by atoms with Crippen molar-refractivity contribution in [2.75, 3.05) is 11.9 Å². The molecule has 0 aliphatic rings. The lowest BCUT2D eigenvalue weighted by Gasteiger charge is -2.11. The summed E-state index contributed by atoms with van der Waals surface area (Å²) in [4.78, 5) is 23.3. The van der Waals surface area contributed by atoms with Crippen LogP contribution in [-0.2, 0) is 20.7 Å². The predicted octanol–water partition coefficient (Wildman–Crippen LogP) is 3.46. The highest BCUT2D eigenvalue weighted by Gasteiger charge is 2.13. The first-order chi connectivity index (χ1) is 11.5. The van der Waals surface area contributed by atoms with Crippen molar-refractivity contribution in [1.82, 2.24) is 0 Å². The number of nitrogens with one attached hydrogen (secondary N) is 1. The summed E-state index contributed by atoms with van der Waals surface area (Å²) < 4.78 is 33.7. The second-order valence-corrected chi connectivity index (χ2v) is 5.50. The highest BCUT2D eigenvalue weighted by Crippen LogP contribution is 2.25. The van der Waals surface area contributed by atoms with Crippen LogP contribution in [0.1, 0.15) is 12.0 Å². The predicted molar refractivity (Wildman–Crippen MR) is 85.3 cm³/mol. The van der Waals surface area contributed by atoms with Crippen LogP contribution in [0, 0.1) is 0 Å². The van der Waals surface area contributed by atoms with Gasteiger partial charge >= 0.3 is 12.6 Å². The van der Waals surface area contributed by atoms with Gasteiger partial charge in [-0.3, -0.25) is 9.59 Å². The molecule has 128 valence electrons. The largest absolute Gasteiger partial charge is 0.456 e. The first-order valence-electron chi connectivity index (χ1n) is 7.05. The molecule has 0 unspecified atom stereocenters. The molecule has 1 N–H and O–H groups in total. The van der Waals surface area contributed by atoms with Crippen LogP contribution in [0.15, 0.2) is 41.1 Å². The van der Waals surface area contributed by atoms with Crippen LogP contribution < -0.4 is 10.1 Å². The number of thiophene rings is 1. The zero-order valence-electron chi connectivity index (χ0n) is 12.5. The van der Waals surface area contributed by atoms with Gasteiger partial charge in [-0.2, -0.15) is 20.1 Å². The number of alkyl halides is 2. The number of aryl methyl sites for hydroxylation is 1. The van der Waals surface area contributed by atoms with Crippen molar-refractivity contribution in [1.29, 1.82) is 0 Å². The number of para-hydroxylation sites is 2. The minimum absolute atomic E-state index is 0.0807. The summed E-state index contributed by atoms with van der Waals surface area (Å²) in [5, 5.41) is 6.21. The molecule has 2 rings (SSSR count). The lowest BCUT2D eigenvalue weighted by molar-refractivity contribution is -0.147. The fourth-order valence-electron chi connectivity index (χ4n) is 1.85. The molecule has 2 aromatic rings. The van der Waals surface area contributed by atoms with Gasteiger partial charge in [0.2, 0.25) is 0 Å². The van der Waals surface area contributed by atoms with E-state index in [0.717, 1.165) is 5.56 Å². The van der Waals surface area contributed by atoms with E-state index in [9.17, 15) is 18.4 Å². The number of ether oxygens (including phenoxy) is 2. The Labute approximate surface area is 141 Å². The van der Waals surface area contributed by atoms with Crippen LogP contribution in [0.4, 0.5) is 14.5 Å². The molecule has 0 spiro atoms. The Hall–Kier alpha value is -2.48. The van der Waals surface area contributed by atoms with Crippen molar-refractivity contribution in [3.63, 3.8) is 0 Å². The number of amides is 1. The molecule has 0 saturated heterocycles. The Kier molecular flexibility index (Phi) is 6.68. The number of carbonyl (C=O) groups is 2. The second kappa shape index (κ2) is 8.97. The molecule has 1 heterocycles. The van der Waals surface area contributed by atoms with E-state index >= 15 is 0 Å². The van der Waals surface area contributed by atoms with E-state index in [1.807, 2.05) is 16.8 Å². The molecule has 0 atom stereocenters. The molecule has 5 nitrogen and oxygen atoms in total. The first kappa shape index (κ1) is 17.9. The Morgan fingerprint density at radius 1 is 1.21 bits per heavy atom. The highest BCUT2D eigenvalue weighted by atomic mass is 32.1. The fourth-order valence-corrected chi connectivity index (χ4v) is 2.56. The van der Waals surface area contributed by atoms with Crippen molar-refractivity contribution in [2.24, 2.45) is 0 Å². The van der Waals surface area contributed by atoms with Gasteiger partial charge in [0.25, 0.3) is 5.91 Å². The van der Waals surface area contributed by atoms with Crippen molar-refractivity contribution >= 4 is 28.9 Å². The van der Waals surface area contributed by atoms with Crippen molar-refractivity contribution in [3.05, 3.63) is 46.7 Å². The smallest absolute Gasteiger partial charge is 0.387 e. The third-order valence-corrected chi connectivity index (χ3v) is 3.67. The molecular formula is C16H15F2NO4S. The number of benzene rings is 1. The quantitative estimate of drug-likeness (QED) is 0.737. The lowest BCUT2D eigenvalue weighted by atomic mass is 10.2. The van der Waals surface area contributed by atoms with Crippen molar-refractivity contribution in [2.45, 2.75) is 19.5 Å². The standard InChI is InChI=1S/C16H15F2NO4S/c17-16(18)23-13-4-2-1-3-12(13)19-14(20)9-22-15(21)6-5-11-7-8-24-10-11/h1-4,7-8,10,16H,5-6,9H2,(H,19,20). The van der Waals surface area contributed by atoms with Crippen LogP contribution in [0.25, 0.3) is 0 Å². The van der Waals surface area contributed by atoms with Gasteiger partial charge in [-0.1, -0.05) is 12.1 Å². The number of hydrogen-bond donors (Lipinski definition) is 1. The van der Waals surface area contributed by atoms with Crippen LogP contribution in [0.3, 0.4) is 0 Å². The molecule has 1 amide bonds. The lowest BCUT2D eigenvalue weighted by Crippen LogP contribution is -2.21. The number of carbonyl (C=O) groups excluding carboxylic acids is 2. The molecule has 0 radical (unpaired) electrons. The number of hydrogen-bond acceptors (Lipinski definition) is 5. The third kappa shape index (κ3) is 5.96. The van der Waals surface area contributed by atoms with Gasteiger partial charge in [0.1, 0.15) is 5.75 Å². The molecule has 8 heteroatoms. The Morgan fingerprint density at radius 2 is 2.00 bits per heavy atom. The summed E-state index contributed by atoms with van der Waals surface area (Å²) in [5.41, 5.74) is 1.11. The summed E-state index contributed by atoms with van der Waals surface area (Å²) in [6.45, 7) is -3.50. The van der Waals surface area contributed by atoms with Gasteiger partial charge in [-0.05, 0) is 40.9 Å². The maximum atomic E-state index is 12.3. The van der Waals surface area contributed by atoms with Crippen LogP contribution >= 0.6 is 11.3 Å². The van der Waals surface area contributed by atoms with E-state index in [1.54, 1.807) is 6.07 Å². The minimum atomic E-state index is -3.00. The molecule has 0 aliphatic carbocycles. The summed E-state index contributed by atoms with van der Waals surface area (Å²) in [5.74, 6) is -1.30. The van der Waals surface area contributed by atoms with Gasteiger partial charge < -0.3 is 14.8 Å². The zero-order valence-corrected chi connectivity index (χ0v) is 13.4. The average Bonchev–Trinajstić information content (AvgIpc) is 3.06. The van der Waals surface area contributed by atoms with Gasteiger partial charge in [-0.25, -0.2) is 0 Å². The van der Waals surface area contributed by atoms with E-state index < -0.39 is 25.1 Å². The number of rotatable bonds is 8. The monoisotopic (exact) mass is 355 g/mol. The first-order valence-corrected chi connectivity index (χ1v) is 7.99. The van der Waals surface area contributed by atoms with E-state index in [1.165, 1.54) is 29.5 Å². The van der Waals surface area contributed by atoms with Crippen molar-refractivity contribution < 1.29 is 27.8 Å². The third-order valence-electron chi connectivity index (χ3n) is 2.94. The van der Waals surface area contributed by atoms with Crippen LogP contribution in [0.2, 0.25) is 0 Å². The van der Waals surface area contributed by atoms with Gasteiger partial charge in [0, 0.05) is 6.42 Å². The summed E-state index contributed by atoms with van der Waals surface area (Å²) in [6.07, 6.45) is 0.699. The molecule has 1 aromatic carbocycles. The average molecular weight is 355 g/mol. The minimum Gasteiger partial charge on any atom is -0.456 e.